The van der Waals surface area contributed by atoms with E-state index in [0.717, 1.165) is 16.9 Å². The molecule has 2 heterocycles. The van der Waals surface area contributed by atoms with Gasteiger partial charge >= 0.3 is 0 Å². The Hall–Kier alpha value is -3.03. The fourth-order valence-corrected chi connectivity index (χ4v) is 4.37. The van der Waals surface area contributed by atoms with Gasteiger partial charge in [-0.15, -0.1) is 11.3 Å². The van der Waals surface area contributed by atoms with Gasteiger partial charge in [-0.05, 0) is 43.2 Å². The summed E-state index contributed by atoms with van der Waals surface area (Å²) in [7, 11) is 0. The van der Waals surface area contributed by atoms with Gasteiger partial charge in [0.05, 0.1) is 23.1 Å². The molecule has 30 heavy (non-hydrogen) atoms. The van der Waals surface area contributed by atoms with E-state index in [9.17, 15) is 14.0 Å². The van der Waals surface area contributed by atoms with Crippen molar-refractivity contribution in [1.82, 2.24) is 9.55 Å². The molecule has 4 rings (SSSR count). The smallest absolute Gasteiger partial charge is 0.266 e. The van der Waals surface area contributed by atoms with Crippen molar-refractivity contribution >= 4 is 44.7 Å². The number of nitrogens with zero attached hydrogens (tertiary/aromatic N) is 2. The third kappa shape index (κ3) is 3.74. The molecule has 1 amide bonds. The van der Waals surface area contributed by atoms with Crippen LogP contribution in [0.25, 0.3) is 10.2 Å². The minimum absolute atomic E-state index is 0.0626. The van der Waals surface area contributed by atoms with E-state index in [1.165, 1.54) is 17.0 Å². The second kappa shape index (κ2) is 8.01. The standard InChI is InChI=1S/C22H17ClFN3O2S/c1-12-7-8-15(9-16(12)23)26-20(28)19-13(2)18-21(30-19)25-11-27(22(18)29)10-14-5-3-4-6-17(14)24/h3-9,11H,10H2,1-2H3,(H,26,28). The molecule has 1 N–H and O–H groups in total. The molecular weight excluding hydrogens is 425 g/mol. The number of fused-ring (bicyclic) bond motifs is 1. The molecule has 5 nitrogen and oxygen atoms in total. The van der Waals surface area contributed by atoms with Gasteiger partial charge in [0, 0.05) is 16.3 Å². The van der Waals surface area contributed by atoms with Gasteiger partial charge in [0.25, 0.3) is 11.5 Å². The first-order valence-electron chi connectivity index (χ1n) is 9.14. The van der Waals surface area contributed by atoms with E-state index in [2.05, 4.69) is 10.3 Å². The number of rotatable bonds is 4. The molecule has 0 aliphatic heterocycles. The maximum atomic E-state index is 14.0. The Morgan fingerprint density at radius 1 is 1.23 bits per heavy atom. The van der Waals surface area contributed by atoms with Crippen LogP contribution in [0.3, 0.4) is 0 Å². The van der Waals surface area contributed by atoms with Crippen molar-refractivity contribution < 1.29 is 9.18 Å². The number of anilines is 1. The van der Waals surface area contributed by atoms with Crippen molar-refractivity contribution in [2.45, 2.75) is 20.4 Å². The molecule has 2 aromatic carbocycles. The molecule has 0 fully saturated rings. The Kier molecular flexibility index (Phi) is 5.40. The van der Waals surface area contributed by atoms with E-state index < -0.39 is 0 Å². The highest BCUT2D eigenvalue weighted by Crippen LogP contribution is 2.28. The second-order valence-electron chi connectivity index (χ2n) is 6.92. The van der Waals surface area contributed by atoms with Gasteiger partial charge in [0.1, 0.15) is 10.6 Å². The molecule has 0 saturated heterocycles. The molecule has 2 aromatic heterocycles. The summed E-state index contributed by atoms with van der Waals surface area (Å²) in [5.74, 6) is -0.723. The number of thiophene rings is 1. The molecular formula is C22H17ClFN3O2S. The van der Waals surface area contributed by atoms with Crippen molar-refractivity contribution in [3.05, 3.63) is 91.6 Å². The summed E-state index contributed by atoms with van der Waals surface area (Å²) < 4.78 is 15.3. The highest BCUT2D eigenvalue weighted by Gasteiger charge is 2.20. The zero-order chi connectivity index (χ0) is 21.4. The van der Waals surface area contributed by atoms with Crippen LogP contribution in [0.2, 0.25) is 5.02 Å². The summed E-state index contributed by atoms with van der Waals surface area (Å²) in [5, 5.41) is 3.73. The molecule has 0 bridgehead atoms. The van der Waals surface area contributed by atoms with Crippen LogP contribution in [0.4, 0.5) is 10.1 Å². The van der Waals surface area contributed by atoms with Gasteiger partial charge in [-0.1, -0.05) is 35.9 Å². The third-order valence-corrected chi connectivity index (χ3v) is 6.46. The Labute approximate surface area is 180 Å². The summed E-state index contributed by atoms with van der Waals surface area (Å²) >= 11 is 7.27. The highest BCUT2D eigenvalue weighted by atomic mass is 35.5. The van der Waals surface area contributed by atoms with Gasteiger partial charge in [-0.2, -0.15) is 0 Å². The molecule has 0 saturated carbocycles. The van der Waals surface area contributed by atoms with Crippen molar-refractivity contribution in [3.8, 4) is 0 Å². The van der Waals surface area contributed by atoms with Crippen LogP contribution < -0.4 is 10.9 Å². The zero-order valence-corrected chi connectivity index (χ0v) is 17.8. The zero-order valence-electron chi connectivity index (χ0n) is 16.2. The lowest BCUT2D eigenvalue weighted by molar-refractivity contribution is 0.103. The fraction of sp³-hybridized carbons (Fsp3) is 0.136. The average Bonchev–Trinajstić information content (AvgIpc) is 3.06. The van der Waals surface area contributed by atoms with Crippen molar-refractivity contribution in [2.75, 3.05) is 5.32 Å². The molecule has 8 heteroatoms. The van der Waals surface area contributed by atoms with Gasteiger partial charge in [-0.25, -0.2) is 9.37 Å². The maximum absolute atomic E-state index is 14.0. The Balaban J connectivity index is 1.69. The van der Waals surface area contributed by atoms with E-state index in [4.69, 9.17) is 11.6 Å². The average molecular weight is 442 g/mol. The van der Waals surface area contributed by atoms with Gasteiger partial charge in [0.2, 0.25) is 0 Å². The number of halogens is 2. The van der Waals surface area contributed by atoms with Crippen LogP contribution in [0.1, 0.15) is 26.4 Å². The van der Waals surface area contributed by atoms with E-state index in [-0.39, 0.29) is 23.8 Å². The summed E-state index contributed by atoms with van der Waals surface area (Å²) in [6.45, 7) is 3.65. The van der Waals surface area contributed by atoms with E-state index in [1.807, 2.05) is 13.0 Å². The Morgan fingerprint density at radius 2 is 2.00 bits per heavy atom. The van der Waals surface area contributed by atoms with Crippen LogP contribution >= 0.6 is 22.9 Å². The number of amides is 1. The molecule has 0 radical (unpaired) electrons. The molecule has 0 unspecified atom stereocenters. The minimum atomic E-state index is -0.386. The second-order valence-corrected chi connectivity index (χ2v) is 8.33. The van der Waals surface area contributed by atoms with Crippen molar-refractivity contribution in [2.24, 2.45) is 0 Å². The quantitative estimate of drug-likeness (QED) is 0.475. The molecule has 0 aliphatic carbocycles. The van der Waals surface area contributed by atoms with Crippen molar-refractivity contribution in [3.63, 3.8) is 0 Å². The van der Waals surface area contributed by atoms with E-state index in [0.29, 0.717) is 36.9 Å². The SMILES string of the molecule is Cc1ccc(NC(=O)c2sc3ncn(Cc4ccccc4F)c(=O)c3c2C)cc1Cl. The van der Waals surface area contributed by atoms with Crippen LogP contribution in [0.5, 0.6) is 0 Å². The number of hydrogen-bond donors (Lipinski definition) is 1. The normalized spacial score (nSPS) is 11.1. The number of carbonyl (C=O) groups is 1. The fourth-order valence-electron chi connectivity index (χ4n) is 3.16. The molecule has 4 aromatic rings. The number of benzene rings is 2. The lowest BCUT2D eigenvalue weighted by Crippen LogP contribution is -2.21. The van der Waals surface area contributed by atoms with Gasteiger partial charge in [-0.3, -0.25) is 14.2 Å². The number of carbonyl (C=O) groups excluding carboxylic acids is 1. The topological polar surface area (TPSA) is 64.0 Å². The maximum Gasteiger partial charge on any atom is 0.266 e. The lowest BCUT2D eigenvalue weighted by atomic mass is 10.2. The molecule has 152 valence electrons. The highest BCUT2D eigenvalue weighted by molar-refractivity contribution is 7.20. The molecule has 0 spiro atoms. The monoisotopic (exact) mass is 441 g/mol. The summed E-state index contributed by atoms with van der Waals surface area (Å²) in [6.07, 6.45) is 1.38. The molecule has 0 atom stereocenters. The molecule has 0 aliphatic rings. The Bertz CT molecular complexity index is 1350. The lowest BCUT2D eigenvalue weighted by Gasteiger charge is -2.07. The Morgan fingerprint density at radius 3 is 2.73 bits per heavy atom. The van der Waals surface area contributed by atoms with Gasteiger partial charge in [0.15, 0.2) is 0 Å². The summed E-state index contributed by atoms with van der Waals surface area (Å²) in [4.78, 5) is 31.0. The first-order valence-corrected chi connectivity index (χ1v) is 10.3. The van der Waals surface area contributed by atoms with E-state index >= 15 is 0 Å². The van der Waals surface area contributed by atoms with Gasteiger partial charge < -0.3 is 5.32 Å². The predicted octanol–water partition coefficient (Wildman–Crippen LogP) is 5.17. The van der Waals surface area contributed by atoms with Crippen LogP contribution in [0.15, 0.2) is 53.6 Å². The number of aromatic nitrogens is 2. The van der Waals surface area contributed by atoms with Crippen LogP contribution in [0, 0.1) is 19.7 Å². The first-order chi connectivity index (χ1) is 14.3. The van der Waals surface area contributed by atoms with E-state index in [1.54, 1.807) is 37.3 Å². The summed E-state index contributed by atoms with van der Waals surface area (Å²) in [6, 6.07) is 11.5. The van der Waals surface area contributed by atoms with Crippen LogP contribution in [-0.4, -0.2) is 15.5 Å². The number of aryl methyl sites for hydroxylation is 2. The predicted molar refractivity (Wildman–Crippen MR) is 118 cm³/mol. The largest absolute Gasteiger partial charge is 0.321 e. The van der Waals surface area contributed by atoms with Crippen LogP contribution in [-0.2, 0) is 6.54 Å². The van der Waals surface area contributed by atoms with Crippen molar-refractivity contribution in [1.29, 1.82) is 0 Å². The number of nitrogens with one attached hydrogen (secondary N) is 1. The first kappa shape index (κ1) is 20.3. The minimum Gasteiger partial charge on any atom is -0.321 e. The third-order valence-electron chi connectivity index (χ3n) is 4.85. The number of hydrogen-bond acceptors (Lipinski definition) is 4. The summed E-state index contributed by atoms with van der Waals surface area (Å²) in [5.41, 5.74) is 2.10.